The van der Waals surface area contributed by atoms with Crippen LogP contribution in [0.15, 0.2) is 35.5 Å². The Kier molecular flexibility index (Phi) is 6.71. The van der Waals surface area contributed by atoms with Crippen molar-refractivity contribution < 1.29 is 23.5 Å². The van der Waals surface area contributed by atoms with E-state index >= 15 is 0 Å². The molecule has 0 spiro atoms. The third-order valence-corrected chi connectivity index (χ3v) is 5.47. The number of carbonyl (C=O) groups excluding carboxylic acids is 3. The average Bonchev–Trinajstić information content (AvgIpc) is 2.72. The van der Waals surface area contributed by atoms with Gasteiger partial charge in [-0.3, -0.25) is 14.6 Å². The van der Waals surface area contributed by atoms with Gasteiger partial charge in [0, 0.05) is 52.4 Å². The summed E-state index contributed by atoms with van der Waals surface area (Å²) >= 11 is 0. The van der Waals surface area contributed by atoms with E-state index in [-0.39, 0.29) is 18.5 Å². The number of carbonyl (C=O) groups is 3. The molecule has 2 aliphatic rings. The van der Waals surface area contributed by atoms with Gasteiger partial charge in [-0.1, -0.05) is 12.1 Å². The number of likely N-dealkylation sites (N-methyl/N-ethyl adjacent to an activating group) is 1. The van der Waals surface area contributed by atoms with Crippen LogP contribution in [0, 0.1) is 5.82 Å². The van der Waals surface area contributed by atoms with Crippen LogP contribution in [-0.4, -0.2) is 79.0 Å². The van der Waals surface area contributed by atoms with E-state index in [2.05, 4.69) is 10.2 Å². The minimum Gasteiger partial charge on any atom is -0.463 e. The van der Waals surface area contributed by atoms with Crippen LogP contribution in [0.5, 0.6) is 0 Å². The van der Waals surface area contributed by atoms with Gasteiger partial charge in [0.05, 0.1) is 18.2 Å². The highest BCUT2D eigenvalue weighted by Crippen LogP contribution is 2.31. The maximum atomic E-state index is 13.4. The fourth-order valence-electron chi connectivity index (χ4n) is 3.74. The number of halogens is 1. The topological polar surface area (TPSA) is 82.2 Å². The fraction of sp³-hybridized carbons (Fsp3) is 0.476. The van der Waals surface area contributed by atoms with Crippen molar-refractivity contribution in [1.29, 1.82) is 0 Å². The lowest BCUT2D eigenvalue weighted by Gasteiger charge is -2.39. The lowest BCUT2D eigenvalue weighted by molar-refractivity contribution is -0.139. The first kappa shape index (κ1) is 21.8. The molecule has 3 amide bonds. The number of benzene rings is 1. The van der Waals surface area contributed by atoms with Crippen molar-refractivity contribution in [3.63, 3.8) is 0 Å². The molecule has 8 nitrogen and oxygen atoms in total. The second-order valence-electron chi connectivity index (χ2n) is 7.36. The summed E-state index contributed by atoms with van der Waals surface area (Å²) in [5, 5.41) is 2.81. The van der Waals surface area contributed by atoms with E-state index in [9.17, 15) is 18.8 Å². The number of hydrogen-bond donors (Lipinski definition) is 1. The maximum absolute atomic E-state index is 13.4. The predicted molar refractivity (Wildman–Crippen MR) is 108 cm³/mol. The monoisotopic (exact) mass is 418 g/mol. The van der Waals surface area contributed by atoms with Crippen LogP contribution in [0.4, 0.5) is 9.18 Å². The van der Waals surface area contributed by atoms with Crippen LogP contribution >= 0.6 is 0 Å². The van der Waals surface area contributed by atoms with Gasteiger partial charge in [0.25, 0.3) is 0 Å². The van der Waals surface area contributed by atoms with Gasteiger partial charge in [-0.15, -0.1) is 0 Å². The number of nitrogens with zero attached hydrogens (tertiary/aromatic N) is 3. The Morgan fingerprint density at radius 2 is 1.80 bits per heavy atom. The number of piperazine rings is 1. The van der Waals surface area contributed by atoms with Crippen LogP contribution in [0.2, 0.25) is 0 Å². The number of rotatable bonds is 5. The Bertz CT molecular complexity index is 847. The highest BCUT2D eigenvalue weighted by molar-refractivity contribution is 5.95. The van der Waals surface area contributed by atoms with Gasteiger partial charge in [-0.2, -0.15) is 0 Å². The summed E-state index contributed by atoms with van der Waals surface area (Å²) in [7, 11) is 1.61. The molecule has 2 heterocycles. The Morgan fingerprint density at radius 3 is 2.37 bits per heavy atom. The molecule has 1 N–H and O–H groups in total. The Balaban J connectivity index is 1.95. The molecule has 30 heavy (non-hydrogen) atoms. The molecule has 2 aliphatic heterocycles. The Hall–Kier alpha value is -2.94. The molecule has 1 aromatic carbocycles. The van der Waals surface area contributed by atoms with Crippen molar-refractivity contribution in [3.8, 4) is 0 Å². The number of esters is 1. The second-order valence-corrected chi connectivity index (χ2v) is 7.36. The number of nitrogens with one attached hydrogen (secondary N) is 1. The SMILES string of the molecule is CCOC(=O)C1=C(CN2CCN(C(C)=O)CC2)N(C)C(=O)N[C@H]1c1ccc(F)cc1. The zero-order valence-corrected chi connectivity index (χ0v) is 17.5. The second kappa shape index (κ2) is 9.25. The number of ether oxygens (including phenoxy) is 1. The zero-order valence-electron chi connectivity index (χ0n) is 17.5. The van der Waals surface area contributed by atoms with Crippen molar-refractivity contribution >= 4 is 17.9 Å². The molecule has 0 radical (unpaired) electrons. The van der Waals surface area contributed by atoms with Gasteiger partial charge in [-0.05, 0) is 24.6 Å². The molecule has 1 saturated heterocycles. The highest BCUT2D eigenvalue weighted by Gasteiger charge is 2.37. The van der Waals surface area contributed by atoms with E-state index in [0.29, 0.717) is 49.6 Å². The molecule has 0 aliphatic carbocycles. The van der Waals surface area contributed by atoms with Crippen molar-refractivity contribution in [1.82, 2.24) is 20.0 Å². The number of amides is 3. The average molecular weight is 418 g/mol. The van der Waals surface area contributed by atoms with Crippen LogP contribution in [0.3, 0.4) is 0 Å². The third kappa shape index (κ3) is 4.62. The maximum Gasteiger partial charge on any atom is 0.338 e. The van der Waals surface area contributed by atoms with E-state index in [1.54, 1.807) is 37.9 Å². The highest BCUT2D eigenvalue weighted by atomic mass is 19.1. The van der Waals surface area contributed by atoms with Gasteiger partial charge < -0.3 is 15.0 Å². The van der Waals surface area contributed by atoms with E-state index in [0.717, 1.165) is 0 Å². The molecule has 3 rings (SSSR count). The predicted octanol–water partition coefficient (Wildman–Crippen LogP) is 1.50. The molecule has 1 aromatic rings. The first-order valence-electron chi connectivity index (χ1n) is 9.99. The Labute approximate surface area is 175 Å². The van der Waals surface area contributed by atoms with Crippen molar-refractivity contribution in [2.75, 3.05) is 46.4 Å². The molecule has 0 unspecified atom stereocenters. The van der Waals surface area contributed by atoms with Gasteiger partial charge in [-0.25, -0.2) is 14.0 Å². The standard InChI is InChI=1S/C21H27FN4O4/c1-4-30-20(28)18-17(13-25-9-11-26(12-10-25)14(2)27)24(3)21(29)23-19(18)15-5-7-16(22)8-6-15/h5-8,19H,4,9-13H2,1-3H3,(H,23,29)/t19-/m0/s1. The first-order chi connectivity index (χ1) is 14.3. The van der Waals surface area contributed by atoms with Gasteiger partial charge in [0.2, 0.25) is 5.91 Å². The quantitative estimate of drug-likeness (QED) is 0.733. The summed E-state index contributed by atoms with van der Waals surface area (Å²) in [6.45, 7) is 6.28. The van der Waals surface area contributed by atoms with Crippen LogP contribution in [0.1, 0.15) is 25.5 Å². The van der Waals surface area contributed by atoms with Crippen LogP contribution < -0.4 is 5.32 Å². The lowest BCUT2D eigenvalue weighted by Crippen LogP contribution is -2.52. The summed E-state index contributed by atoms with van der Waals surface area (Å²) in [6.07, 6.45) is 0. The molecule has 162 valence electrons. The summed E-state index contributed by atoms with van der Waals surface area (Å²) < 4.78 is 18.7. The Morgan fingerprint density at radius 1 is 1.17 bits per heavy atom. The first-order valence-corrected chi connectivity index (χ1v) is 9.99. The van der Waals surface area contributed by atoms with Gasteiger partial charge >= 0.3 is 12.0 Å². The van der Waals surface area contributed by atoms with Crippen molar-refractivity contribution in [2.45, 2.75) is 19.9 Å². The minimum absolute atomic E-state index is 0.0339. The van der Waals surface area contributed by atoms with Gasteiger partial charge in [0.1, 0.15) is 5.82 Å². The van der Waals surface area contributed by atoms with E-state index in [1.165, 1.54) is 17.0 Å². The van der Waals surface area contributed by atoms with E-state index in [1.807, 2.05) is 0 Å². The largest absolute Gasteiger partial charge is 0.463 e. The summed E-state index contributed by atoms with van der Waals surface area (Å²) in [4.78, 5) is 42.4. The zero-order chi connectivity index (χ0) is 21.8. The minimum atomic E-state index is -0.734. The smallest absolute Gasteiger partial charge is 0.338 e. The molecule has 1 fully saturated rings. The lowest BCUT2D eigenvalue weighted by atomic mass is 9.94. The summed E-state index contributed by atoms with van der Waals surface area (Å²) in [5.74, 6) is -0.883. The van der Waals surface area contributed by atoms with Gasteiger partial charge in [0.15, 0.2) is 0 Å². The third-order valence-electron chi connectivity index (χ3n) is 5.47. The number of urea groups is 1. The fourth-order valence-corrected chi connectivity index (χ4v) is 3.74. The van der Waals surface area contributed by atoms with Crippen molar-refractivity contribution in [2.24, 2.45) is 0 Å². The summed E-state index contributed by atoms with van der Waals surface area (Å²) in [6, 6.07) is 4.60. The summed E-state index contributed by atoms with van der Waals surface area (Å²) in [5.41, 5.74) is 1.47. The molecule has 0 aromatic heterocycles. The molecule has 0 bridgehead atoms. The number of hydrogen-bond acceptors (Lipinski definition) is 5. The molecular formula is C21H27FN4O4. The van der Waals surface area contributed by atoms with E-state index in [4.69, 9.17) is 4.74 Å². The molecule has 9 heteroatoms. The van der Waals surface area contributed by atoms with Crippen molar-refractivity contribution in [3.05, 3.63) is 46.9 Å². The van der Waals surface area contributed by atoms with Crippen LogP contribution in [-0.2, 0) is 14.3 Å². The van der Waals surface area contributed by atoms with Crippen LogP contribution in [0.25, 0.3) is 0 Å². The normalized spacial score (nSPS) is 20.3. The van der Waals surface area contributed by atoms with E-state index < -0.39 is 17.8 Å². The molecular weight excluding hydrogens is 391 g/mol. The molecule has 1 atom stereocenters. The molecule has 0 saturated carbocycles.